The molecule has 0 amide bonds. The third-order valence-corrected chi connectivity index (χ3v) is 8.09. The molecule has 2 aliphatic rings. The Labute approximate surface area is 169 Å². The second-order valence-corrected chi connectivity index (χ2v) is 9.68. The molecule has 0 atom stereocenters. The molecule has 1 N–H and O–H groups in total. The van der Waals surface area contributed by atoms with E-state index < -0.39 is 10.0 Å². The number of hydrogen-bond acceptors (Lipinski definition) is 7. The zero-order chi connectivity index (χ0) is 20.2. The number of aryl methyl sites for hydroxylation is 2. The van der Waals surface area contributed by atoms with Crippen LogP contribution < -0.4 is 4.90 Å². The number of H-pyrrole nitrogens is 1. The molecule has 0 saturated carbocycles. The number of aromatic nitrogens is 6. The van der Waals surface area contributed by atoms with Gasteiger partial charge < -0.3 is 4.90 Å². The van der Waals surface area contributed by atoms with Crippen LogP contribution in [0.4, 0.5) is 5.82 Å². The maximum Gasteiger partial charge on any atom is 0.246 e. The number of anilines is 1. The molecule has 3 aromatic heterocycles. The molecule has 0 aromatic carbocycles. The molecule has 2 aliphatic heterocycles. The minimum atomic E-state index is -3.55. The van der Waals surface area contributed by atoms with Crippen LogP contribution in [0.3, 0.4) is 0 Å². The highest BCUT2D eigenvalue weighted by Gasteiger charge is 2.34. The Bertz CT molecular complexity index is 1140. The van der Waals surface area contributed by atoms with Crippen molar-refractivity contribution in [3.05, 3.63) is 29.3 Å². The lowest BCUT2D eigenvalue weighted by molar-refractivity contribution is 0.311. The average Bonchev–Trinajstić information content (AvgIpc) is 3.23. The molecule has 0 aliphatic carbocycles. The van der Waals surface area contributed by atoms with Gasteiger partial charge in [-0.1, -0.05) is 0 Å². The van der Waals surface area contributed by atoms with Crippen LogP contribution in [-0.2, 0) is 10.0 Å². The first-order chi connectivity index (χ1) is 13.9. The van der Waals surface area contributed by atoms with E-state index in [9.17, 15) is 8.42 Å². The average molecular weight is 417 g/mol. The predicted molar refractivity (Wildman–Crippen MR) is 106 cm³/mol. The number of sulfonamides is 1. The Morgan fingerprint density at radius 1 is 1.07 bits per heavy atom. The largest absolute Gasteiger partial charge is 0.355 e. The van der Waals surface area contributed by atoms with E-state index in [0.717, 1.165) is 30.4 Å². The maximum atomic E-state index is 13.1. The van der Waals surface area contributed by atoms with Gasteiger partial charge in [0.15, 0.2) is 11.5 Å². The normalized spacial score (nSPS) is 19.0. The summed E-state index contributed by atoms with van der Waals surface area (Å²) in [7, 11) is -3.55. The molecule has 3 aromatic rings. The molecule has 10 nitrogen and oxygen atoms in total. The van der Waals surface area contributed by atoms with Crippen LogP contribution in [0.5, 0.6) is 0 Å². The molecule has 29 heavy (non-hydrogen) atoms. The quantitative estimate of drug-likeness (QED) is 0.681. The third kappa shape index (κ3) is 2.99. The molecular weight excluding hydrogens is 392 g/mol. The molecule has 0 spiro atoms. The van der Waals surface area contributed by atoms with Crippen molar-refractivity contribution < 1.29 is 8.42 Å². The molecular formula is C18H24N8O2S. The maximum absolute atomic E-state index is 13.1. The van der Waals surface area contributed by atoms with Crippen LogP contribution in [0.15, 0.2) is 17.0 Å². The smallest absolute Gasteiger partial charge is 0.246 e. The van der Waals surface area contributed by atoms with Crippen LogP contribution in [0.2, 0.25) is 0 Å². The minimum absolute atomic E-state index is 0.127. The number of nitrogens with zero attached hydrogens (tertiary/aromatic N) is 7. The first-order valence-corrected chi connectivity index (χ1v) is 11.4. The van der Waals surface area contributed by atoms with Gasteiger partial charge in [0.25, 0.3) is 0 Å². The third-order valence-electron chi connectivity index (χ3n) is 5.93. The summed E-state index contributed by atoms with van der Waals surface area (Å²) in [5, 5.41) is 20.2. The summed E-state index contributed by atoms with van der Waals surface area (Å²) >= 11 is 0. The van der Waals surface area contributed by atoms with Gasteiger partial charge in [0.1, 0.15) is 10.7 Å². The molecule has 2 saturated heterocycles. The van der Waals surface area contributed by atoms with Crippen LogP contribution in [0.25, 0.3) is 5.65 Å². The Morgan fingerprint density at radius 2 is 1.83 bits per heavy atom. The van der Waals surface area contributed by atoms with E-state index in [-0.39, 0.29) is 5.92 Å². The highest BCUT2D eigenvalue weighted by Crippen LogP contribution is 2.31. The number of hydrogen-bond donors (Lipinski definition) is 1. The van der Waals surface area contributed by atoms with E-state index >= 15 is 0 Å². The van der Waals surface area contributed by atoms with Gasteiger partial charge >= 0.3 is 0 Å². The fourth-order valence-electron chi connectivity index (χ4n) is 4.17. The highest BCUT2D eigenvalue weighted by molar-refractivity contribution is 7.89. The van der Waals surface area contributed by atoms with Crippen LogP contribution in [-0.4, -0.2) is 68.9 Å². The summed E-state index contributed by atoms with van der Waals surface area (Å²) in [6, 6.07) is 3.93. The van der Waals surface area contributed by atoms with Gasteiger partial charge in [0.2, 0.25) is 10.0 Å². The SMILES string of the molecule is Cc1n[nH]c(C)c1S(=O)(=O)N1CCC(c2nnc3ccc(N4CCC4)nn23)CC1. The molecule has 2 fully saturated rings. The molecule has 0 radical (unpaired) electrons. The van der Waals surface area contributed by atoms with E-state index in [4.69, 9.17) is 5.10 Å². The van der Waals surface area contributed by atoms with Crippen molar-refractivity contribution in [2.75, 3.05) is 31.1 Å². The summed E-state index contributed by atoms with van der Waals surface area (Å²) in [6.07, 6.45) is 2.56. The van der Waals surface area contributed by atoms with Crippen molar-refractivity contribution in [2.24, 2.45) is 0 Å². The second-order valence-electron chi connectivity index (χ2n) is 7.80. The zero-order valence-corrected chi connectivity index (χ0v) is 17.4. The van der Waals surface area contributed by atoms with Crippen LogP contribution in [0, 0.1) is 13.8 Å². The molecule has 0 bridgehead atoms. The Morgan fingerprint density at radius 3 is 2.45 bits per heavy atom. The lowest BCUT2D eigenvalue weighted by Crippen LogP contribution is -2.39. The second kappa shape index (κ2) is 6.77. The summed E-state index contributed by atoms with van der Waals surface area (Å²) < 4.78 is 29.5. The molecule has 5 rings (SSSR count). The van der Waals surface area contributed by atoms with E-state index in [1.165, 1.54) is 6.42 Å². The van der Waals surface area contributed by atoms with Crippen molar-refractivity contribution >= 4 is 21.5 Å². The Hall–Kier alpha value is -2.53. The standard InChI is InChI=1S/C18H24N8O2S/c1-12-17(13(2)20-19-12)29(27,28)25-10-6-14(7-11-25)18-22-21-15-4-5-16(23-26(15)18)24-8-3-9-24/h4-5,14H,3,6-11H2,1-2H3,(H,19,20). The molecule has 5 heterocycles. The summed E-state index contributed by atoms with van der Waals surface area (Å²) in [6.45, 7) is 6.39. The fourth-order valence-corrected chi connectivity index (χ4v) is 5.97. The van der Waals surface area contributed by atoms with E-state index in [0.29, 0.717) is 42.2 Å². The monoisotopic (exact) mass is 416 g/mol. The summed E-state index contributed by atoms with van der Waals surface area (Å²) in [4.78, 5) is 2.53. The van der Waals surface area contributed by atoms with Crippen molar-refractivity contribution in [3.63, 3.8) is 0 Å². The van der Waals surface area contributed by atoms with Gasteiger partial charge in [0, 0.05) is 32.1 Å². The first kappa shape index (κ1) is 18.5. The fraction of sp³-hybridized carbons (Fsp3) is 0.556. The molecule has 0 unspecified atom stereocenters. The number of aromatic amines is 1. The predicted octanol–water partition coefficient (Wildman–Crippen LogP) is 1.24. The van der Waals surface area contributed by atoms with Gasteiger partial charge in [0.05, 0.1) is 11.4 Å². The zero-order valence-electron chi connectivity index (χ0n) is 16.5. The van der Waals surface area contributed by atoms with Crippen molar-refractivity contribution in [2.45, 2.75) is 43.9 Å². The lowest BCUT2D eigenvalue weighted by atomic mass is 9.97. The number of piperidine rings is 1. The topological polar surface area (TPSA) is 112 Å². The van der Waals surface area contributed by atoms with Gasteiger partial charge in [-0.25, -0.2) is 8.42 Å². The van der Waals surface area contributed by atoms with Crippen LogP contribution >= 0.6 is 0 Å². The number of rotatable bonds is 4. The number of nitrogens with one attached hydrogen (secondary N) is 1. The highest BCUT2D eigenvalue weighted by atomic mass is 32.2. The van der Waals surface area contributed by atoms with Gasteiger partial charge in [-0.05, 0) is 45.2 Å². The van der Waals surface area contributed by atoms with Gasteiger partial charge in [-0.15, -0.1) is 15.3 Å². The Balaban J connectivity index is 1.37. The van der Waals surface area contributed by atoms with Crippen LogP contribution in [0.1, 0.15) is 42.4 Å². The van der Waals surface area contributed by atoms with Crippen molar-refractivity contribution in [3.8, 4) is 0 Å². The summed E-state index contributed by atoms with van der Waals surface area (Å²) in [5.74, 6) is 1.88. The lowest BCUT2D eigenvalue weighted by Gasteiger charge is -2.32. The van der Waals surface area contributed by atoms with E-state index in [2.05, 4.69) is 25.3 Å². The summed E-state index contributed by atoms with van der Waals surface area (Å²) in [5.41, 5.74) is 1.82. The molecule has 11 heteroatoms. The van der Waals surface area contributed by atoms with Gasteiger partial charge in [-0.2, -0.15) is 13.9 Å². The Kier molecular flexibility index (Phi) is 4.32. The van der Waals surface area contributed by atoms with Gasteiger partial charge in [-0.3, -0.25) is 5.10 Å². The minimum Gasteiger partial charge on any atom is -0.355 e. The first-order valence-electron chi connectivity index (χ1n) is 9.94. The number of fused-ring (bicyclic) bond motifs is 1. The van der Waals surface area contributed by atoms with E-state index in [1.54, 1.807) is 18.2 Å². The van der Waals surface area contributed by atoms with Crippen molar-refractivity contribution in [1.29, 1.82) is 0 Å². The van der Waals surface area contributed by atoms with Crippen molar-refractivity contribution in [1.82, 2.24) is 34.3 Å². The van der Waals surface area contributed by atoms with E-state index in [1.807, 2.05) is 16.6 Å². The molecule has 154 valence electrons.